The molecule has 3 nitrogen and oxygen atoms in total. The third-order valence-electron chi connectivity index (χ3n) is 2.14. The van der Waals surface area contributed by atoms with Crippen LogP contribution in [-0.4, -0.2) is 19.5 Å². The van der Waals surface area contributed by atoms with Gasteiger partial charge in [0.2, 0.25) is 5.91 Å². The summed E-state index contributed by atoms with van der Waals surface area (Å²) in [6, 6.07) is 4.05. The molecule has 88 valence electrons. The standard InChI is InChI=1S/C11H14ClFN2O/c1-7(6-14-2)11(16)15-10-5-8(12)3-4-9(10)13/h3-5,7,14H,6H2,1-2H3,(H,15,16). The number of carbonyl (C=O) groups excluding carboxylic acids is 1. The van der Waals surface area contributed by atoms with Gasteiger partial charge in [0.1, 0.15) is 5.82 Å². The highest BCUT2D eigenvalue weighted by Gasteiger charge is 2.13. The van der Waals surface area contributed by atoms with E-state index in [4.69, 9.17) is 11.6 Å². The SMILES string of the molecule is CNCC(C)C(=O)Nc1cc(Cl)ccc1F. The summed E-state index contributed by atoms with van der Waals surface area (Å²) in [5.41, 5.74) is 0.112. The van der Waals surface area contributed by atoms with Gasteiger partial charge in [0.05, 0.1) is 5.69 Å². The van der Waals surface area contributed by atoms with Gasteiger partial charge in [0.15, 0.2) is 0 Å². The van der Waals surface area contributed by atoms with Crippen LogP contribution in [0.15, 0.2) is 18.2 Å². The van der Waals surface area contributed by atoms with E-state index in [9.17, 15) is 9.18 Å². The van der Waals surface area contributed by atoms with Gasteiger partial charge in [-0.1, -0.05) is 18.5 Å². The Balaban J connectivity index is 2.72. The van der Waals surface area contributed by atoms with Crippen molar-refractivity contribution < 1.29 is 9.18 Å². The van der Waals surface area contributed by atoms with Crippen LogP contribution in [0, 0.1) is 11.7 Å². The first-order valence-corrected chi connectivity index (χ1v) is 5.33. The molecule has 2 N–H and O–H groups in total. The zero-order chi connectivity index (χ0) is 12.1. The molecule has 0 heterocycles. The molecule has 1 amide bonds. The molecule has 0 aliphatic rings. The highest BCUT2D eigenvalue weighted by atomic mass is 35.5. The van der Waals surface area contributed by atoms with Crippen LogP contribution in [0.5, 0.6) is 0 Å². The first-order chi connectivity index (χ1) is 7.54. The van der Waals surface area contributed by atoms with E-state index in [1.807, 2.05) is 0 Å². The number of hydrogen-bond acceptors (Lipinski definition) is 2. The fourth-order valence-corrected chi connectivity index (χ4v) is 1.42. The van der Waals surface area contributed by atoms with E-state index in [1.54, 1.807) is 14.0 Å². The first-order valence-electron chi connectivity index (χ1n) is 4.95. The van der Waals surface area contributed by atoms with E-state index in [1.165, 1.54) is 18.2 Å². The summed E-state index contributed by atoms with van der Waals surface area (Å²) in [5, 5.41) is 5.76. The molecule has 0 spiro atoms. The van der Waals surface area contributed by atoms with E-state index in [0.29, 0.717) is 11.6 Å². The Hall–Kier alpha value is -1.13. The Bertz CT molecular complexity index is 384. The Morgan fingerprint density at radius 2 is 2.25 bits per heavy atom. The maximum atomic E-state index is 13.3. The number of halogens is 2. The topological polar surface area (TPSA) is 41.1 Å². The van der Waals surface area contributed by atoms with Crippen molar-refractivity contribution in [3.63, 3.8) is 0 Å². The van der Waals surface area contributed by atoms with Crippen molar-refractivity contribution >= 4 is 23.2 Å². The second-order valence-corrected chi connectivity index (χ2v) is 4.01. The predicted molar refractivity (Wildman–Crippen MR) is 63.1 cm³/mol. The average molecular weight is 245 g/mol. The van der Waals surface area contributed by atoms with Gasteiger partial charge in [0.25, 0.3) is 0 Å². The molecular weight excluding hydrogens is 231 g/mol. The number of anilines is 1. The molecule has 0 saturated carbocycles. The normalized spacial score (nSPS) is 12.2. The van der Waals surface area contributed by atoms with Gasteiger partial charge in [0, 0.05) is 17.5 Å². The lowest BCUT2D eigenvalue weighted by Gasteiger charge is -2.12. The van der Waals surface area contributed by atoms with Crippen molar-refractivity contribution in [2.45, 2.75) is 6.92 Å². The lowest BCUT2D eigenvalue weighted by atomic mass is 10.1. The van der Waals surface area contributed by atoms with Crippen LogP contribution < -0.4 is 10.6 Å². The number of benzene rings is 1. The highest BCUT2D eigenvalue weighted by molar-refractivity contribution is 6.30. The lowest BCUT2D eigenvalue weighted by Crippen LogP contribution is -2.28. The van der Waals surface area contributed by atoms with Crippen molar-refractivity contribution in [3.8, 4) is 0 Å². The molecule has 16 heavy (non-hydrogen) atoms. The Morgan fingerprint density at radius 1 is 1.56 bits per heavy atom. The van der Waals surface area contributed by atoms with Gasteiger partial charge in [-0.3, -0.25) is 4.79 Å². The fourth-order valence-electron chi connectivity index (χ4n) is 1.25. The highest BCUT2D eigenvalue weighted by Crippen LogP contribution is 2.19. The maximum Gasteiger partial charge on any atom is 0.228 e. The zero-order valence-electron chi connectivity index (χ0n) is 9.18. The molecule has 0 fully saturated rings. The van der Waals surface area contributed by atoms with Gasteiger partial charge in [-0.2, -0.15) is 0 Å². The summed E-state index contributed by atoms with van der Waals surface area (Å²) in [5.74, 6) is -0.965. The first kappa shape index (κ1) is 12.9. The predicted octanol–water partition coefficient (Wildman–Crippen LogP) is 2.27. The van der Waals surface area contributed by atoms with Crippen LogP contribution in [0.25, 0.3) is 0 Å². The van der Waals surface area contributed by atoms with Crippen LogP contribution in [0.2, 0.25) is 5.02 Å². The number of nitrogens with one attached hydrogen (secondary N) is 2. The molecule has 0 aliphatic heterocycles. The van der Waals surface area contributed by atoms with Crippen molar-refractivity contribution in [2.75, 3.05) is 18.9 Å². The fraction of sp³-hybridized carbons (Fsp3) is 0.364. The molecule has 1 rings (SSSR count). The summed E-state index contributed by atoms with van der Waals surface area (Å²) in [6.45, 7) is 2.29. The molecule has 1 aromatic rings. The van der Waals surface area contributed by atoms with Gasteiger partial charge in [-0.25, -0.2) is 4.39 Å². The Kier molecular flexibility index (Phi) is 4.71. The van der Waals surface area contributed by atoms with E-state index < -0.39 is 5.82 Å². The van der Waals surface area contributed by atoms with Gasteiger partial charge < -0.3 is 10.6 Å². The summed E-state index contributed by atoms with van der Waals surface area (Å²) < 4.78 is 13.3. The maximum absolute atomic E-state index is 13.3. The number of carbonyl (C=O) groups is 1. The molecule has 0 bridgehead atoms. The van der Waals surface area contributed by atoms with Gasteiger partial charge in [-0.15, -0.1) is 0 Å². The molecule has 0 radical (unpaired) electrons. The molecule has 5 heteroatoms. The van der Waals surface area contributed by atoms with Crippen LogP contribution in [0.1, 0.15) is 6.92 Å². The quantitative estimate of drug-likeness (QED) is 0.853. The number of amides is 1. The Labute approximate surface area is 99.0 Å². The minimum absolute atomic E-state index is 0.112. The number of hydrogen-bond donors (Lipinski definition) is 2. The van der Waals surface area contributed by atoms with Crippen molar-refractivity contribution in [2.24, 2.45) is 5.92 Å². The Morgan fingerprint density at radius 3 is 2.88 bits per heavy atom. The summed E-state index contributed by atoms with van der Waals surface area (Å²) >= 11 is 5.71. The van der Waals surface area contributed by atoms with Crippen molar-refractivity contribution in [1.29, 1.82) is 0 Å². The minimum Gasteiger partial charge on any atom is -0.323 e. The average Bonchev–Trinajstić information content (AvgIpc) is 2.23. The molecular formula is C11H14ClFN2O. The second-order valence-electron chi connectivity index (χ2n) is 3.57. The van der Waals surface area contributed by atoms with Crippen LogP contribution >= 0.6 is 11.6 Å². The molecule has 1 unspecified atom stereocenters. The third kappa shape index (κ3) is 3.47. The zero-order valence-corrected chi connectivity index (χ0v) is 9.94. The van der Waals surface area contributed by atoms with E-state index >= 15 is 0 Å². The summed E-state index contributed by atoms with van der Waals surface area (Å²) in [4.78, 5) is 11.6. The smallest absolute Gasteiger partial charge is 0.228 e. The largest absolute Gasteiger partial charge is 0.323 e. The molecule has 1 atom stereocenters. The second kappa shape index (κ2) is 5.82. The van der Waals surface area contributed by atoms with E-state index in [2.05, 4.69) is 10.6 Å². The van der Waals surface area contributed by atoms with Crippen LogP contribution in [0.3, 0.4) is 0 Å². The van der Waals surface area contributed by atoms with Gasteiger partial charge >= 0.3 is 0 Å². The van der Waals surface area contributed by atoms with Gasteiger partial charge in [-0.05, 0) is 25.2 Å². The molecule has 0 saturated heterocycles. The van der Waals surface area contributed by atoms with E-state index in [0.717, 1.165) is 0 Å². The minimum atomic E-state index is -0.491. The van der Waals surface area contributed by atoms with E-state index in [-0.39, 0.29) is 17.5 Å². The third-order valence-corrected chi connectivity index (χ3v) is 2.38. The van der Waals surface area contributed by atoms with Crippen molar-refractivity contribution in [3.05, 3.63) is 29.0 Å². The lowest BCUT2D eigenvalue weighted by molar-refractivity contribution is -0.119. The monoisotopic (exact) mass is 244 g/mol. The molecule has 0 aromatic heterocycles. The molecule has 0 aliphatic carbocycles. The molecule has 1 aromatic carbocycles. The summed E-state index contributed by atoms with van der Waals surface area (Å²) in [7, 11) is 1.75. The van der Waals surface area contributed by atoms with Crippen molar-refractivity contribution in [1.82, 2.24) is 5.32 Å². The summed E-state index contributed by atoms with van der Waals surface area (Å²) in [6.07, 6.45) is 0. The van der Waals surface area contributed by atoms with Crippen LogP contribution in [-0.2, 0) is 4.79 Å². The van der Waals surface area contributed by atoms with Crippen LogP contribution in [0.4, 0.5) is 10.1 Å². The number of rotatable bonds is 4.